The maximum Gasteiger partial charge on any atom is 0.452 e. The van der Waals surface area contributed by atoms with E-state index in [4.69, 9.17) is 19.5 Å². The van der Waals surface area contributed by atoms with Crippen LogP contribution in [-0.4, -0.2) is 42.1 Å². The van der Waals surface area contributed by atoms with Crippen LogP contribution >= 0.6 is 15.9 Å². The number of nitrogens with one attached hydrogen (secondary N) is 1. The lowest BCUT2D eigenvalue weighted by Gasteiger charge is -2.18. The van der Waals surface area contributed by atoms with Crippen molar-refractivity contribution >= 4 is 22.0 Å². The first-order valence-corrected chi connectivity index (χ1v) is 12.4. The van der Waals surface area contributed by atoms with Crippen LogP contribution in [-0.2, 0) is 40.6 Å². The van der Waals surface area contributed by atoms with Gasteiger partial charge < -0.3 is 14.2 Å². The van der Waals surface area contributed by atoms with Gasteiger partial charge >= 0.3 is 6.09 Å². The van der Waals surface area contributed by atoms with Crippen molar-refractivity contribution in [3.63, 3.8) is 0 Å². The van der Waals surface area contributed by atoms with Crippen LogP contribution < -0.4 is 0 Å². The third-order valence-corrected chi connectivity index (χ3v) is 5.12. The summed E-state index contributed by atoms with van der Waals surface area (Å²) < 4.78 is 17.2. The molecule has 0 aliphatic heterocycles. The average Bonchev–Trinajstić information content (AvgIpc) is 3.58. The number of carbonyl (C=O) groups excluding carboxylic acids is 1. The summed E-state index contributed by atoms with van der Waals surface area (Å²) in [6, 6.07) is 17.2. The van der Waals surface area contributed by atoms with Crippen LogP contribution in [0.15, 0.2) is 65.4 Å². The zero-order chi connectivity index (χ0) is 27.4. The highest BCUT2D eigenvalue weighted by Gasteiger charge is 2.19. The Hall–Kier alpha value is -3.92. The van der Waals surface area contributed by atoms with Gasteiger partial charge in [-0.3, -0.25) is 0 Å². The van der Waals surface area contributed by atoms with Crippen LogP contribution in [0, 0.1) is 11.3 Å². The normalized spacial score (nSPS) is 10.8. The number of nitrogens with zero attached hydrogens (tertiary/aromatic N) is 6. The predicted molar refractivity (Wildman–Crippen MR) is 140 cm³/mol. The lowest BCUT2D eigenvalue weighted by Crippen LogP contribution is -2.28. The summed E-state index contributed by atoms with van der Waals surface area (Å²) in [5.41, 5.74) is 3.50. The highest BCUT2D eigenvalue weighted by atomic mass is 79.9. The Bertz CT molecular complexity index is 1310. The van der Waals surface area contributed by atoms with Crippen molar-refractivity contribution in [3.05, 3.63) is 93.5 Å². The van der Waals surface area contributed by atoms with Crippen LogP contribution in [0.4, 0.5) is 4.79 Å². The molecule has 0 unspecified atom stereocenters. The van der Waals surface area contributed by atoms with Crippen molar-refractivity contribution in [2.24, 2.45) is 0 Å². The molecule has 1 N–H and O–H groups in total. The van der Waals surface area contributed by atoms with E-state index in [0.717, 1.165) is 26.1 Å². The second-order valence-electron chi connectivity index (χ2n) is 8.99. The van der Waals surface area contributed by atoms with Crippen molar-refractivity contribution in [1.29, 1.82) is 5.26 Å². The summed E-state index contributed by atoms with van der Waals surface area (Å²) in [6.45, 7) is 7.03. The van der Waals surface area contributed by atoms with Crippen molar-refractivity contribution in [1.82, 2.24) is 30.4 Å². The van der Waals surface area contributed by atoms with Gasteiger partial charge in [0.25, 0.3) is 0 Å². The zero-order valence-corrected chi connectivity index (χ0v) is 22.9. The number of benzene rings is 2. The third-order valence-electron chi connectivity index (χ3n) is 4.59. The summed E-state index contributed by atoms with van der Waals surface area (Å²) >= 11 is 3.38. The fourth-order valence-electron chi connectivity index (χ4n) is 2.85. The molecule has 4 aromatic rings. The molecule has 0 radical (unpaired) electrons. The Balaban J connectivity index is 0.000000221. The predicted octanol–water partition coefficient (Wildman–Crippen LogP) is 4.93. The molecule has 0 bridgehead atoms. The van der Waals surface area contributed by atoms with Gasteiger partial charge in [-0.2, -0.15) is 25.8 Å². The molecule has 0 amide bonds. The molecule has 0 aliphatic carbocycles. The summed E-state index contributed by atoms with van der Waals surface area (Å²) in [4.78, 5) is 12.7. The van der Waals surface area contributed by atoms with Crippen molar-refractivity contribution in [3.8, 4) is 6.07 Å². The first-order chi connectivity index (χ1) is 18.2. The second-order valence-corrected chi connectivity index (χ2v) is 9.90. The highest BCUT2D eigenvalue weighted by molar-refractivity contribution is 9.10. The van der Waals surface area contributed by atoms with Crippen molar-refractivity contribution < 1.29 is 19.0 Å². The molecule has 12 heteroatoms. The van der Waals surface area contributed by atoms with Gasteiger partial charge in [-0.05, 0) is 56.2 Å². The van der Waals surface area contributed by atoms with Gasteiger partial charge in [0.2, 0.25) is 0 Å². The highest BCUT2D eigenvalue weighted by Crippen LogP contribution is 2.12. The van der Waals surface area contributed by atoms with Gasteiger partial charge in [-0.25, -0.2) is 4.79 Å². The summed E-state index contributed by atoms with van der Waals surface area (Å²) in [5.74, 6) is 0. The van der Waals surface area contributed by atoms with Crippen LogP contribution in [0.3, 0.4) is 0 Å². The Labute approximate surface area is 228 Å². The minimum atomic E-state index is -0.605. The Kier molecular flexibility index (Phi) is 10.7. The lowest BCUT2D eigenvalue weighted by molar-refractivity contribution is 0.0484. The molecular weight excluding hydrogens is 554 g/mol. The maximum absolute atomic E-state index is 11.8. The number of aromatic amines is 1. The quantitative estimate of drug-likeness (QED) is 0.306. The molecule has 0 atom stereocenters. The van der Waals surface area contributed by atoms with Gasteiger partial charge in [-0.1, -0.05) is 45.0 Å². The van der Waals surface area contributed by atoms with E-state index in [1.54, 1.807) is 39.1 Å². The number of hydrogen-bond acceptors (Lipinski definition) is 9. The van der Waals surface area contributed by atoms with Gasteiger partial charge in [-0.15, -0.1) is 5.10 Å². The number of rotatable bonds is 8. The largest absolute Gasteiger partial charge is 0.452 e. The molecule has 4 rings (SSSR count). The van der Waals surface area contributed by atoms with Gasteiger partial charge in [0.1, 0.15) is 17.0 Å². The standard InChI is InChI=1S/C15H18BrN3O3.C11H10N4O/c1-15(2,3)22-14(20)19-17-8-13(18-19)10-21-9-11-4-6-12(16)7-5-11;12-5-9-1-3-10(4-2-9)7-16-8-11-6-13-15-14-11/h4-8H,9-10H2,1-3H3;1-4,6H,7-8H2,(H,13,14,15). The van der Waals surface area contributed by atoms with Gasteiger partial charge in [0, 0.05) is 4.47 Å². The Morgan fingerprint density at radius 3 is 2.11 bits per heavy atom. The smallest absolute Gasteiger partial charge is 0.441 e. The fraction of sp³-hybridized carbons (Fsp3) is 0.308. The van der Waals surface area contributed by atoms with E-state index in [0.29, 0.717) is 31.1 Å². The first-order valence-electron chi connectivity index (χ1n) is 11.6. The number of nitriles is 1. The van der Waals surface area contributed by atoms with E-state index >= 15 is 0 Å². The molecular formula is C26H28BrN7O4. The third kappa shape index (κ3) is 10.2. The molecule has 38 heavy (non-hydrogen) atoms. The van der Waals surface area contributed by atoms with E-state index in [-0.39, 0.29) is 6.61 Å². The molecule has 11 nitrogen and oxygen atoms in total. The number of ether oxygens (including phenoxy) is 3. The molecule has 0 saturated heterocycles. The Morgan fingerprint density at radius 2 is 1.55 bits per heavy atom. The van der Waals surface area contributed by atoms with Crippen molar-refractivity contribution in [2.45, 2.75) is 52.8 Å². The lowest BCUT2D eigenvalue weighted by atomic mass is 10.2. The van der Waals surface area contributed by atoms with E-state index in [1.165, 1.54) is 6.20 Å². The number of carbonyl (C=O) groups is 1. The molecule has 198 valence electrons. The average molecular weight is 582 g/mol. The SMILES string of the molecule is CC(C)(C)OC(=O)n1ncc(COCc2ccc(Br)cc2)n1.N#Cc1ccc(COCc2cn[nH]n2)cc1. The van der Waals surface area contributed by atoms with E-state index in [1.807, 2.05) is 36.4 Å². The molecule has 2 aromatic carbocycles. The number of hydrogen-bond donors (Lipinski definition) is 1. The van der Waals surface area contributed by atoms with E-state index in [2.05, 4.69) is 47.6 Å². The number of H-pyrrole nitrogens is 1. The fourth-order valence-corrected chi connectivity index (χ4v) is 3.11. The van der Waals surface area contributed by atoms with Crippen molar-refractivity contribution in [2.75, 3.05) is 0 Å². The monoisotopic (exact) mass is 581 g/mol. The molecule has 0 aliphatic rings. The molecule has 0 fully saturated rings. The topological polar surface area (TPSA) is 141 Å². The van der Waals surface area contributed by atoms with Crippen LogP contribution in [0.5, 0.6) is 0 Å². The minimum Gasteiger partial charge on any atom is -0.441 e. The Morgan fingerprint density at radius 1 is 0.947 bits per heavy atom. The number of aromatic nitrogens is 6. The maximum atomic E-state index is 11.8. The molecule has 0 saturated carbocycles. The second kappa shape index (κ2) is 14.1. The number of halogens is 1. The van der Waals surface area contributed by atoms with Crippen LogP contribution in [0.25, 0.3) is 0 Å². The molecule has 0 spiro atoms. The van der Waals surface area contributed by atoms with Crippen LogP contribution in [0.2, 0.25) is 0 Å². The van der Waals surface area contributed by atoms with Gasteiger partial charge in [0.05, 0.1) is 50.5 Å². The molecule has 2 heterocycles. The minimum absolute atomic E-state index is 0.277. The summed E-state index contributed by atoms with van der Waals surface area (Å²) in [6.07, 6.45) is 2.51. The van der Waals surface area contributed by atoms with Gasteiger partial charge in [0.15, 0.2) is 0 Å². The van der Waals surface area contributed by atoms with E-state index in [9.17, 15) is 4.79 Å². The van der Waals surface area contributed by atoms with Crippen LogP contribution in [0.1, 0.15) is 48.8 Å². The summed E-state index contributed by atoms with van der Waals surface area (Å²) in [5, 5.41) is 26.6. The zero-order valence-electron chi connectivity index (χ0n) is 21.3. The van der Waals surface area contributed by atoms with E-state index < -0.39 is 11.7 Å². The first kappa shape index (κ1) is 28.6. The summed E-state index contributed by atoms with van der Waals surface area (Å²) in [7, 11) is 0. The molecule has 2 aromatic heterocycles.